The number of hydrogen-bond donors (Lipinski definition) is 1. The Kier molecular flexibility index (Phi) is 5.36. The van der Waals surface area contributed by atoms with Crippen molar-refractivity contribution in [2.45, 2.75) is 6.92 Å². The first-order chi connectivity index (χ1) is 10.6. The SMILES string of the molecule is COc1ccc(OCCOc2ccc(C)cc2OC)c(N)c1. The summed E-state index contributed by atoms with van der Waals surface area (Å²) < 4.78 is 21.7. The molecule has 0 fully saturated rings. The highest BCUT2D eigenvalue weighted by molar-refractivity contribution is 5.56. The van der Waals surface area contributed by atoms with Gasteiger partial charge in [-0.05, 0) is 36.8 Å². The van der Waals surface area contributed by atoms with Crippen molar-refractivity contribution in [3.8, 4) is 23.0 Å². The molecule has 0 spiro atoms. The summed E-state index contributed by atoms with van der Waals surface area (Å²) in [6, 6.07) is 11.1. The molecule has 0 aromatic heterocycles. The minimum atomic E-state index is 0.382. The molecule has 0 aliphatic carbocycles. The fourth-order valence-electron chi connectivity index (χ4n) is 1.98. The van der Waals surface area contributed by atoms with Gasteiger partial charge in [-0.2, -0.15) is 0 Å². The third-order valence-electron chi connectivity index (χ3n) is 3.13. The Morgan fingerprint density at radius 2 is 1.50 bits per heavy atom. The Morgan fingerprint density at radius 3 is 2.14 bits per heavy atom. The summed E-state index contributed by atoms with van der Waals surface area (Å²) in [5.41, 5.74) is 7.54. The van der Waals surface area contributed by atoms with Crippen LogP contribution in [0, 0.1) is 6.92 Å². The lowest BCUT2D eigenvalue weighted by molar-refractivity contribution is 0.212. The number of benzene rings is 2. The zero-order valence-corrected chi connectivity index (χ0v) is 13.1. The molecule has 22 heavy (non-hydrogen) atoms. The van der Waals surface area contributed by atoms with Gasteiger partial charge in [-0.3, -0.25) is 0 Å². The van der Waals surface area contributed by atoms with Gasteiger partial charge < -0.3 is 24.7 Å². The maximum Gasteiger partial charge on any atom is 0.161 e. The van der Waals surface area contributed by atoms with Gasteiger partial charge >= 0.3 is 0 Å². The van der Waals surface area contributed by atoms with Crippen molar-refractivity contribution in [3.05, 3.63) is 42.0 Å². The van der Waals surface area contributed by atoms with E-state index < -0.39 is 0 Å². The van der Waals surface area contributed by atoms with E-state index in [1.54, 1.807) is 32.4 Å². The zero-order chi connectivity index (χ0) is 15.9. The Balaban J connectivity index is 1.87. The lowest BCUT2D eigenvalue weighted by atomic mass is 10.2. The van der Waals surface area contributed by atoms with Gasteiger partial charge in [0.25, 0.3) is 0 Å². The van der Waals surface area contributed by atoms with Crippen molar-refractivity contribution >= 4 is 5.69 Å². The van der Waals surface area contributed by atoms with Crippen molar-refractivity contribution in [1.29, 1.82) is 0 Å². The molecule has 5 nitrogen and oxygen atoms in total. The topological polar surface area (TPSA) is 62.9 Å². The predicted octanol–water partition coefficient (Wildman–Crippen LogP) is 3.05. The Hall–Kier alpha value is -2.56. The van der Waals surface area contributed by atoms with E-state index in [1.165, 1.54) is 0 Å². The number of aryl methyl sites for hydroxylation is 1. The van der Waals surface area contributed by atoms with Crippen LogP contribution in [-0.4, -0.2) is 27.4 Å². The van der Waals surface area contributed by atoms with Crippen LogP contribution >= 0.6 is 0 Å². The number of methoxy groups -OCH3 is 2. The van der Waals surface area contributed by atoms with Crippen LogP contribution in [0.2, 0.25) is 0 Å². The first kappa shape index (κ1) is 15.8. The third-order valence-corrected chi connectivity index (χ3v) is 3.13. The predicted molar refractivity (Wildman–Crippen MR) is 86.1 cm³/mol. The van der Waals surface area contributed by atoms with Crippen molar-refractivity contribution in [2.75, 3.05) is 33.2 Å². The second-order valence-electron chi connectivity index (χ2n) is 4.75. The lowest BCUT2D eigenvalue weighted by Crippen LogP contribution is -2.10. The number of nitrogen functional groups attached to an aromatic ring is 1. The van der Waals surface area contributed by atoms with Crippen LogP contribution in [0.5, 0.6) is 23.0 Å². The van der Waals surface area contributed by atoms with E-state index in [4.69, 9.17) is 24.7 Å². The molecule has 0 bridgehead atoms. The standard InChI is InChI=1S/C17H21NO4/c1-12-4-6-16(17(10-12)20-3)22-9-8-21-15-7-5-13(19-2)11-14(15)18/h4-7,10-11H,8-9,18H2,1-3H3. The van der Waals surface area contributed by atoms with Gasteiger partial charge in [0.05, 0.1) is 19.9 Å². The molecule has 0 atom stereocenters. The molecule has 0 saturated carbocycles. The highest BCUT2D eigenvalue weighted by Crippen LogP contribution is 2.28. The fraction of sp³-hybridized carbons (Fsp3) is 0.294. The van der Waals surface area contributed by atoms with Crippen molar-refractivity contribution in [3.63, 3.8) is 0 Å². The molecular formula is C17H21NO4. The summed E-state index contributed by atoms with van der Waals surface area (Å²) in [6.07, 6.45) is 0. The average Bonchev–Trinajstić information content (AvgIpc) is 2.53. The van der Waals surface area contributed by atoms with Crippen LogP contribution in [0.3, 0.4) is 0 Å². The summed E-state index contributed by atoms with van der Waals surface area (Å²) >= 11 is 0. The molecule has 0 heterocycles. The number of nitrogens with two attached hydrogens (primary N) is 1. The minimum Gasteiger partial charge on any atom is -0.497 e. The molecule has 2 aromatic rings. The molecule has 0 aliphatic heterocycles. The van der Waals surface area contributed by atoms with E-state index in [0.29, 0.717) is 41.9 Å². The second kappa shape index (κ2) is 7.45. The number of ether oxygens (including phenoxy) is 4. The second-order valence-corrected chi connectivity index (χ2v) is 4.75. The Labute approximate surface area is 130 Å². The average molecular weight is 303 g/mol. The van der Waals surface area contributed by atoms with Crippen LogP contribution in [0.15, 0.2) is 36.4 Å². The normalized spacial score (nSPS) is 10.1. The van der Waals surface area contributed by atoms with Crippen LogP contribution in [0.1, 0.15) is 5.56 Å². The molecule has 2 N–H and O–H groups in total. The van der Waals surface area contributed by atoms with Gasteiger partial charge in [-0.25, -0.2) is 0 Å². The van der Waals surface area contributed by atoms with E-state index in [2.05, 4.69) is 0 Å². The van der Waals surface area contributed by atoms with Crippen LogP contribution in [0.25, 0.3) is 0 Å². The van der Waals surface area contributed by atoms with Gasteiger partial charge in [0, 0.05) is 6.07 Å². The molecule has 0 radical (unpaired) electrons. The van der Waals surface area contributed by atoms with E-state index in [-0.39, 0.29) is 0 Å². The van der Waals surface area contributed by atoms with Gasteiger partial charge in [0.1, 0.15) is 24.7 Å². The summed E-state index contributed by atoms with van der Waals surface area (Å²) in [7, 11) is 3.22. The van der Waals surface area contributed by atoms with Crippen LogP contribution in [-0.2, 0) is 0 Å². The minimum absolute atomic E-state index is 0.382. The quantitative estimate of drug-likeness (QED) is 0.629. The Bertz CT molecular complexity index is 628. The summed E-state index contributed by atoms with van der Waals surface area (Å²) in [4.78, 5) is 0. The van der Waals surface area contributed by atoms with Crippen LogP contribution in [0.4, 0.5) is 5.69 Å². The van der Waals surface area contributed by atoms with Gasteiger partial charge in [0.15, 0.2) is 11.5 Å². The summed E-state index contributed by atoms with van der Waals surface area (Å²) in [5.74, 6) is 2.72. The van der Waals surface area contributed by atoms with E-state index in [1.807, 2.05) is 25.1 Å². The highest BCUT2D eigenvalue weighted by Gasteiger charge is 2.05. The molecule has 2 aromatic carbocycles. The van der Waals surface area contributed by atoms with Gasteiger partial charge in [0.2, 0.25) is 0 Å². The smallest absolute Gasteiger partial charge is 0.161 e. The van der Waals surface area contributed by atoms with Gasteiger partial charge in [-0.1, -0.05) is 6.07 Å². The first-order valence-electron chi connectivity index (χ1n) is 6.98. The van der Waals surface area contributed by atoms with Crippen molar-refractivity contribution in [1.82, 2.24) is 0 Å². The van der Waals surface area contributed by atoms with Crippen LogP contribution < -0.4 is 24.7 Å². The molecule has 2 rings (SSSR count). The maximum atomic E-state index is 5.89. The summed E-state index contributed by atoms with van der Waals surface area (Å²) in [5, 5.41) is 0. The molecule has 5 heteroatoms. The molecule has 0 unspecified atom stereocenters. The van der Waals surface area contributed by atoms with E-state index in [9.17, 15) is 0 Å². The Morgan fingerprint density at radius 1 is 0.818 bits per heavy atom. The maximum absolute atomic E-state index is 5.89. The third kappa shape index (κ3) is 3.97. The monoisotopic (exact) mass is 303 g/mol. The molecule has 0 saturated heterocycles. The van der Waals surface area contributed by atoms with E-state index >= 15 is 0 Å². The first-order valence-corrected chi connectivity index (χ1v) is 6.98. The molecular weight excluding hydrogens is 282 g/mol. The van der Waals surface area contributed by atoms with Gasteiger partial charge in [-0.15, -0.1) is 0 Å². The molecule has 0 amide bonds. The van der Waals surface area contributed by atoms with E-state index in [0.717, 1.165) is 5.56 Å². The fourth-order valence-corrected chi connectivity index (χ4v) is 1.98. The molecule has 0 aliphatic rings. The number of anilines is 1. The summed E-state index contributed by atoms with van der Waals surface area (Å²) in [6.45, 7) is 2.78. The lowest BCUT2D eigenvalue weighted by Gasteiger charge is -2.13. The van der Waals surface area contributed by atoms with Crippen molar-refractivity contribution < 1.29 is 18.9 Å². The number of hydrogen-bond acceptors (Lipinski definition) is 5. The number of rotatable bonds is 7. The zero-order valence-electron chi connectivity index (χ0n) is 13.1. The molecule has 118 valence electrons. The van der Waals surface area contributed by atoms with Crippen molar-refractivity contribution in [2.24, 2.45) is 0 Å². The highest BCUT2D eigenvalue weighted by atomic mass is 16.5. The largest absolute Gasteiger partial charge is 0.497 e.